The minimum absolute atomic E-state index is 0.0789. The molecule has 0 spiro atoms. The molecule has 0 aliphatic carbocycles. The number of nitro benzene ring substituents is 1. The average Bonchev–Trinajstić information content (AvgIpc) is 2.37. The molecule has 0 unspecified atom stereocenters. The van der Waals surface area contributed by atoms with E-state index in [0.717, 1.165) is 0 Å². The van der Waals surface area contributed by atoms with Crippen molar-refractivity contribution in [3.8, 4) is 0 Å². The van der Waals surface area contributed by atoms with Crippen LogP contribution >= 0.6 is 0 Å². The highest BCUT2D eigenvalue weighted by molar-refractivity contribution is 5.98. The number of carbonyl (C=O) groups is 2. The van der Waals surface area contributed by atoms with Gasteiger partial charge in [-0.15, -0.1) is 0 Å². The Balaban J connectivity index is 2.37. The fraction of sp³-hybridized carbons (Fsp3) is 0.333. The number of carbonyl (C=O) groups excluding carboxylic acids is 2. The van der Waals surface area contributed by atoms with Crippen LogP contribution in [0.3, 0.4) is 0 Å². The van der Waals surface area contributed by atoms with Crippen LogP contribution in [0.15, 0.2) is 18.2 Å². The zero-order valence-electron chi connectivity index (χ0n) is 10.4. The van der Waals surface area contributed by atoms with Crippen molar-refractivity contribution in [3.05, 3.63) is 33.9 Å². The molecule has 100 valence electrons. The zero-order chi connectivity index (χ0) is 14.0. The molecule has 19 heavy (non-hydrogen) atoms. The Hall–Kier alpha value is -2.44. The largest absolute Gasteiger partial charge is 0.360 e. The first kappa shape index (κ1) is 13.0. The van der Waals surface area contributed by atoms with E-state index in [-0.39, 0.29) is 29.5 Å². The number of amides is 1. The lowest BCUT2D eigenvalue weighted by molar-refractivity contribution is -0.385. The molecule has 1 heterocycles. The maximum Gasteiger partial charge on any atom is 0.282 e. The summed E-state index contributed by atoms with van der Waals surface area (Å²) in [5.74, 6) is -0.473. The highest BCUT2D eigenvalue weighted by Crippen LogP contribution is 2.26. The fourth-order valence-electron chi connectivity index (χ4n) is 2.02. The first-order valence-electron chi connectivity index (χ1n) is 5.80. The maximum atomic E-state index is 11.3. The molecule has 7 heteroatoms. The summed E-state index contributed by atoms with van der Waals surface area (Å²) in [6, 6.07) is 4.40. The number of rotatable bonds is 3. The second-order valence-electron chi connectivity index (χ2n) is 4.29. The number of nitrogens with zero attached hydrogens (tertiary/aromatic N) is 2. The highest BCUT2D eigenvalue weighted by Gasteiger charge is 2.22. The quantitative estimate of drug-likeness (QED) is 0.493. The molecule has 1 fully saturated rings. The number of anilines is 1. The zero-order valence-corrected chi connectivity index (χ0v) is 10.4. The van der Waals surface area contributed by atoms with Crippen molar-refractivity contribution >= 4 is 23.1 Å². The number of hydrogen-bond acceptors (Lipinski definition) is 5. The molecule has 2 rings (SSSR count). The number of benzene rings is 1. The van der Waals surface area contributed by atoms with Crippen LogP contribution in [0.2, 0.25) is 0 Å². The van der Waals surface area contributed by atoms with Crippen LogP contribution in [0.25, 0.3) is 0 Å². The summed E-state index contributed by atoms with van der Waals surface area (Å²) in [4.78, 5) is 34.8. The van der Waals surface area contributed by atoms with Gasteiger partial charge in [0.2, 0.25) is 5.91 Å². The van der Waals surface area contributed by atoms with Gasteiger partial charge in [-0.1, -0.05) is 0 Å². The number of Topliss-reactive ketones (excluding diaryl/α,β-unsaturated/α-hetero) is 1. The van der Waals surface area contributed by atoms with Gasteiger partial charge in [-0.25, -0.2) is 0 Å². The number of nitro groups is 1. The SMILES string of the molecule is CC(=O)c1ccc(N2CCNC(=O)C2)cc1[N+](=O)[O-]. The van der Waals surface area contributed by atoms with Gasteiger partial charge in [-0.3, -0.25) is 19.7 Å². The summed E-state index contributed by atoms with van der Waals surface area (Å²) in [5.41, 5.74) is 0.428. The van der Waals surface area contributed by atoms with E-state index in [1.165, 1.54) is 19.1 Å². The Kier molecular flexibility index (Phi) is 3.46. The molecule has 0 bridgehead atoms. The summed E-state index contributed by atoms with van der Waals surface area (Å²) >= 11 is 0. The second-order valence-corrected chi connectivity index (χ2v) is 4.29. The van der Waals surface area contributed by atoms with E-state index < -0.39 is 4.92 Å². The Bertz CT molecular complexity index is 556. The molecule has 1 saturated heterocycles. The standard InChI is InChI=1S/C12H13N3O4/c1-8(16)10-3-2-9(6-11(10)15(18)19)14-5-4-13-12(17)7-14/h2-3,6H,4-5,7H2,1H3,(H,13,17). The number of ketones is 1. The van der Waals surface area contributed by atoms with Crippen LogP contribution < -0.4 is 10.2 Å². The molecule has 0 atom stereocenters. The molecule has 0 radical (unpaired) electrons. The monoisotopic (exact) mass is 263 g/mol. The Morgan fingerprint density at radius 3 is 2.79 bits per heavy atom. The van der Waals surface area contributed by atoms with Crippen molar-refractivity contribution in [1.82, 2.24) is 5.32 Å². The van der Waals surface area contributed by atoms with Crippen LogP contribution in [0.5, 0.6) is 0 Å². The number of nitrogens with one attached hydrogen (secondary N) is 1. The van der Waals surface area contributed by atoms with E-state index in [1.54, 1.807) is 11.0 Å². The third-order valence-corrected chi connectivity index (χ3v) is 2.96. The van der Waals surface area contributed by atoms with Gasteiger partial charge in [0.15, 0.2) is 5.78 Å². The molecule has 1 aromatic carbocycles. The van der Waals surface area contributed by atoms with Gasteiger partial charge in [-0.2, -0.15) is 0 Å². The summed E-state index contributed by atoms with van der Waals surface area (Å²) in [5, 5.41) is 13.7. The molecule has 0 aromatic heterocycles. The third kappa shape index (κ3) is 2.70. The van der Waals surface area contributed by atoms with Gasteiger partial charge in [-0.05, 0) is 19.1 Å². The summed E-state index contributed by atoms with van der Waals surface area (Å²) in [6.07, 6.45) is 0. The molecular formula is C12H13N3O4. The van der Waals surface area contributed by atoms with Gasteiger partial charge < -0.3 is 10.2 Å². The fourth-order valence-corrected chi connectivity index (χ4v) is 2.02. The third-order valence-electron chi connectivity index (χ3n) is 2.96. The minimum Gasteiger partial charge on any atom is -0.360 e. The van der Waals surface area contributed by atoms with E-state index >= 15 is 0 Å². The average molecular weight is 263 g/mol. The van der Waals surface area contributed by atoms with E-state index in [4.69, 9.17) is 0 Å². The first-order chi connectivity index (χ1) is 8.99. The molecule has 1 aromatic rings. The van der Waals surface area contributed by atoms with E-state index in [9.17, 15) is 19.7 Å². The molecule has 7 nitrogen and oxygen atoms in total. The van der Waals surface area contributed by atoms with Crippen LogP contribution in [0, 0.1) is 10.1 Å². The predicted octanol–water partition coefficient (Wildman–Crippen LogP) is 0.734. The normalized spacial score (nSPS) is 15.0. The van der Waals surface area contributed by atoms with Crippen LogP contribution in [0.1, 0.15) is 17.3 Å². The van der Waals surface area contributed by atoms with Crippen molar-refractivity contribution in [2.45, 2.75) is 6.92 Å². The van der Waals surface area contributed by atoms with Crippen molar-refractivity contribution in [3.63, 3.8) is 0 Å². The van der Waals surface area contributed by atoms with Gasteiger partial charge in [0.05, 0.1) is 17.0 Å². The Labute approximate surface area is 109 Å². The van der Waals surface area contributed by atoms with Crippen molar-refractivity contribution < 1.29 is 14.5 Å². The molecule has 1 amide bonds. The van der Waals surface area contributed by atoms with Crippen LogP contribution in [-0.2, 0) is 4.79 Å². The first-order valence-corrected chi connectivity index (χ1v) is 5.80. The van der Waals surface area contributed by atoms with Crippen molar-refractivity contribution in [1.29, 1.82) is 0 Å². The second kappa shape index (κ2) is 5.05. The summed E-state index contributed by atoms with van der Waals surface area (Å²) < 4.78 is 0. The lowest BCUT2D eigenvalue weighted by Gasteiger charge is -2.28. The molecule has 1 aliphatic heterocycles. The molecular weight excluding hydrogens is 250 g/mol. The smallest absolute Gasteiger partial charge is 0.282 e. The molecule has 1 N–H and O–H groups in total. The summed E-state index contributed by atoms with van der Waals surface area (Å²) in [7, 11) is 0. The topological polar surface area (TPSA) is 92.6 Å². The van der Waals surface area contributed by atoms with E-state index in [0.29, 0.717) is 18.8 Å². The van der Waals surface area contributed by atoms with Gasteiger partial charge >= 0.3 is 0 Å². The van der Waals surface area contributed by atoms with E-state index in [1.807, 2.05) is 0 Å². The lowest BCUT2D eigenvalue weighted by atomic mass is 10.1. The molecule has 1 aliphatic rings. The maximum absolute atomic E-state index is 11.3. The Morgan fingerprint density at radius 2 is 2.21 bits per heavy atom. The van der Waals surface area contributed by atoms with Gasteiger partial charge in [0.1, 0.15) is 0 Å². The van der Waals surface area contributed by atoms with Crippen molar-refractivity contribution in [2.24, 2.45) is 0 Å². The molecule has 0 saturated carbocycles. The van der Waals surface area contributed by atoms with Gasteiger partial charge in [0, 0.05) is 24.8 Å². The van der Waals surface area contributed by atoms with Crippen molar-refractivity contribution in [2.75, 3.05) is 24.5 Å². The minimum atomic E-state index is -0.579. The predicted molar refractivity (Wildman–Crippen MR) is 68.3 cm³/mol. The van der Waals surface area contributed by atoms with Crippen LogP contribution in [0.4, 0.5) is 11.4 Å². The number of hydrogen-bond donors (Lipinski definition) is 1. The lowest BCUT2D eigenvalue weighted by Crippen LogP contribution is -2.47. The van der Waals surface area contributed by atoms with Gasteiger partial charge in [0.25, 0.3) is 5.69 Å². The number of piperazine rings is 1. The summed E-state index contributed by atoms with van der Waals surface area (Å²) in [6.45, 7) is 2.54. The Morgan fingerprint density at radius 1 is 1.47 bits per heavy atom. The highest BCUT2D eigenvalue weighted by atomic mass is 16.6. The van der Waals surface area contributed by atoms with E-state index in [2.05, 4.69) is 5.32 Å². The van der Waals surface area contributed by atoms with Crippen LogP contribution in [-0.4, -0.2) is 36.2 Å².